The number of hydrogen-bond donors (Lipinski definition) is 2. The molecule has 4 aromatic rings. The van der Waals surface area contributed by atoms with E-state index in [0.717, 1.165) is 17.7 Å². The molecule has 5 nitrogen and oxygen atoms in total. The molecule has 0 spiro atoms. The van der Waals surface area contributed by atoms with Gasteiger partial charge in [0.1, 0.15) is 0 Å². The molecule has 0 aliphatic heterocycles. The highest BCUT2D eigenvalue weighted by Gasteiger charge is 2.30. The van der Waals surface area contributed by atoms with Crippen molar-refractivity contribution in [2.45, 2.75) is 38.9 Å². The molecule has 2 aromatic heterocycles. The van der Waals surface area contributed by atoms with Crippen LogP contribution in [0.5, 0.6) is 0 Å². The topological polar surface area (TPSA) is 76.7 Å². The van der Waals surface area contributed by atoms with Gasteiger partial charge >= 0.3 is 6.18 Å². The van der Waals surface area contributed by atoms with Gasteiger partial charge < -0.3 is 11.1 Å². The highest BCUT2D eigenvalue weighted by Crippen LogP contribution is 2.35. The molecule has 0 radical (unpaired) electrons. The molecular formula is C28H31ClF3N5. The van der Waals surface area contributed by atoms with Gasteiger partial charge in [0.25, 0.3) is 0 Å². The van der Waals surface area contributed by atoms with Crippen LogP contribution < -0.4 is 11.1 Å². The van der Waals surface area contributed by atoms with E-state index in [4.69, 9.17) is 5.73 Å². The van der Waals surface area contributed by atoms with Crippen LogP contribution in [0.2, 0.25) is 0 Å². The Morgan fingerprint density at radius 1 is 0.892 bits per heavy atom. The number of nitrogens with one attached hydrogen (secondary N) is 1. The van der Waals surface area contributed by atoms with Gasteiger partial charge in [0.2, 0.25) is 5.95 Å². The molecule has 196 valence electrons. The maximum Gasteiger partial charge on any atom is 0.416 e. The highest BCUT2D eigenvalue weighted by molar-refractivity contribution is 5.85. The van der Waals surface area contributed by atoms with Crippen molar-refractivity contribution in [1.29, 1.82) is 0 Å². The number of anilines is 1. The summed E-state index contributed by atoms with van der Waals surface area (Å²) in [6, 6.07) is 19.2. The number of nitrogens with zero attached hydrogens (tertiary/aromatic N) is 3. The maximum atomic E-state index is 13.2. The van der Waals surface area contributed by atoms with Crippen LogP contribution in [0, 0.1) is 0 Å². The minimum absolute atomic E-state index is 0. The van der Waals surface area contributed by atoms with Gasteiger partial charge in [-0.05, 0) is 47.4 Å². The zero-order valence-corrected chi connectivity index (χ0v) is 21.7. The van der Waals surface area contributed by atoms with Gasteiger partial charge in [0.05, 0.1) is 11.3 Å². The lowest BCUT2D eigenvalue weighted by molar-refractivity contribution is -0.137. The lowest BCUT2D eigenvalue weighted by Gasteiger charge is -2.15. The van der Waals surface area contributed by atoms with E-state index in [9.17, 15) is 13.2 Å². The summed E-state index contributed by atoms with van der Waals surface area (Å²) in [5, 5.41) is 3.25. The summed E-state index contributed by atoms with van der Waals surface area (Å²) in [5.41, 5.74) is 7.79. The van der Waals surface area contributed by atoms with Crippen LogP contribution in [0.3, 0.4) is 0 Å². The first-order chi connectivity index (χ1) is 17.1. The summed E-state index contributed by atoms with van der Waals surface area (Å²) in [6.45, 7) is 6.60. The molecule has 0 aliphatic carbocycles. The number of pyridine rings is 1. The molecule has 4 rings (SSSR count). The minimum atomic E-state index is -4.43. The van der Waals surface area contributed by atoms with Crippen molar-refractivity contribution in [2.24, 2.45) is 5.73 Å². The van der Waals surface area contributed by atoms with E-state index in [0.29, 0.717) is 35.4 Å². The Balaban J connectivity index is 0.000000898. The average molecular weight is 530 g/mol. The molecule has 0 aliphatic rings. The van der Waals surface area contributed by atoms with E-state index in [1.54, 1.807) is 36.8 Å². The van der Waals surface area contributed by atoms with Crippen LogP contribution >= 0.6 is 12.4 Å². The van der Waals surface area contributed by atoms with E-state index < -0.39 is 11.7 Å². The summed E-state index contributed by atoms with van der Waals surface area (Å²) in [7, 11) is 0. The summed E-state index contributed by atoms with van der Waals surface area (Å²) >= 11 is 0. The van der Waals surface area contributed by atoms with Gasteiger partial charge in [-0.3, -0.25) is 4.98 Å². The zero-order chi connectivity index (χ0) is 26.1. The summed E-state index contributed by atoms with van der Waals surface area (Å²) in [6.07, 6.45) is 0.381. The summed E-state index contributed by atoms with van der Waals surface area (Å²) in [4.78, 5) is 13.1. The van der Waals surface area contributed by atoms with Crippen LogP contribution in [0.25, 0.3) is 22.4 Å². The second kappa shape index (κ2) is 13.7. The molecule has 0 bridgehead atoms. The van der Waals surface area contributed by atoms with Gasteiger partial charge in [-0.2, -0.15) is 13.2 Å². The Kier molecular flexibility index (Phi) is 11.0. The van der Waals surface area contributed by atoms with E-state index in [2.05, 4.69) is 39.3 Å². The van der Waals surface area contributed by atoms with Crippen molar-refractivity contribution in [3.63, 3.8) is 0 Å². The van der Waals surface area contributed by atoms with E-state index in [1.807, 2.05) is 32.0 Å². The third kappa shape index (κ3) is 8.84. The van der Waals surface area contributed by atoms with E-state index >= 15 is 0 Å². The minimum Gasteiger partial charge on any atom is -0.354 e. The lowest BCUT2D eigenvalue weighted by atomic mass is 9.99. The van der Waals surface area contributed by atoms with Crippen LogP contribution in [0.1, 0.15) is 37.8 Å². The van der Waals surface area contributed by atoms with Crippen molar-refractivity contribution >= 4 is 18.4 Å². The molecular weight excluding hydrogens is 499 g/mol. The molecule has 37 heavy (non-hydrogen) atoms. The van der Waals surface area contributed by atoms with Gasteiger partial charge in [-0.15, -0.1) is 12.4 Å². The number of nitrogens with two attached hydrogens (primary N) is 1. The number of hydrogen-bond acceptors (Lipinski definition) is 5. The van der Waals surface area contributed by atoms with Crippen molar-refractivity contribution in [3.05, 3.63) is 96.4 Å². The van der Waals surface area contributed by atoms with Gasteiger partial charge in [-0.25, -0.2) is 9.97 Å². The Hall–Kier alpha value is -3.49. The standard InChI is InChI=1S/C25H21F3N4.C3H9N.ClH/c1-17(18-6-3-2-4-7-18)15-30-24-31-16-22(23(32-24)19-10-12-29-13-11-19)20-8-5-9-21(14-20)25(26,27)28;1-3(2)4;/h2-14,16-17H,15H2,1H3,(H,30,31,32);3H,4H2,1-2H3;1H. The Morgan fingerprint density at radius 2 is 1.54 bits per heavy atom. The molecule has 0 fully saturated rings. The van der Waals surface area contributed by atoms with Gasteiger partial charge in [0, 0.05) is 36.3 Å². The Morgan fingerprint density at radius 3 is 2.16 bits per heavy atom. The molecule has 0 saturated heterocycles. The van der Waals surface area contributed by atoms with Crippen LogP contribution in [-0.4, -0.2) is 27.5 Å². The molecule has 2 heterocycles. The third-order valence-electron chi connectivity index (χ3n) is 5.18. The van der Waals surface area contributed by atoms with E-state index in [-0.39, 0.29) is 18.3 Å². The fourth-order valence-corrected chi connectivity index (χ4v) is 3.41. The van der Waals surface area contributed by atoms with Crippen molar-refractivity contribution in [1.82, 2.24) is 15.0 Å². The first-order valence-electron chi connectivity index (χ1n) is 11.6. The first-order valence-corrected chi connectivity index (χ1v) is 11.6. The molecule has 0 saturated carbocycles. The maximum absolute atomic E-state index is 13.2. The van der Waals surface area contributed by atoms with E-state index in [1.165, 1.54) is 11.6 Å². The van der Waals surface area contributed by atoms with Crippen molar-refractivity contribution in [2.75, 3.05) is 11.9 Å². The predicted octanol–water partition coefficient (Wildman–Crippen LogP) is 7.22. The SMILES string of the molecule is CC(C)N.CC(CNc1ncc(-c2cccc(C(F)(F)F)c2)c(-c2ccncc2)n1)c1ccccc1.Cl. The van der Waals surface area contributed by atoms with Crippen molar-refractivity contribution < 1.29 is 13.2 Å². The number of aromatic nitrogens is 3. The van der Waals surface area contributed by atoms with Crippen LogP contribution in [0.4, 0.5) is 19.1 Å². The molecule has 1 atom stereocenters. The first kappa shape index (κ1) is 29.7. The number of alkyl halides is 3. The number of rotatable bonds is 6. The monoisotopic (exact) mass is 529 g/mol. The summed E-state index contributed by atoms with van der Waals surface area (Å²) < 4.78 is 39.7. The molecule has 9 heteroatoms. The number of benzene rings is 2. The highest BCUT2D eigenvalue weighted by atomic mass is 35.5. The van der Waals surface area contributed by atoms with Crippen LogP contribution in [0.15, 0.2) is 85.3 Å². The molecule has 1 unspecified atom stereocenters. The predicted molar refractivity (Wildman–Crippen MR) is 146 cm³/mol. The largest absolute Gasteiger partial charge is 0.416 e. The molecule has 2 aromatic carbocycles. The number of halogens is 4. The fourth-order valence-electron chi connectivity index (χ4n) is 3.41. The van der Waals surface area contributed by atoms with Crippen LogP contribution in [-0.2, 0) is 6.18 Å². The molecule has 0 amide bonds. The quantitative estimate of drug-likeness (QED) is 0.276. The average Bonchev–Trinajstić information content (AvgIpc) is 2.87. The second-order valence-corrected chi connectivity index (χ2v) is 8.71. The zero-order valence-electron chi connectivity index (χ0n) is 20.9. The lowest BCUT2D eigenvalue weighted by Crippen LogP contribution is -2.12. The smallest absolute Gasteiger partial charge is 0.354 e. The molecule has 3 N–H and O–H groups in total. The Bertz CT molecular complexity index is 1230. The van der Waals surface area contributed by atoms with Crippen molar-refractivity contribution in [3.8, 4) is 22.4 Å². The normalized spacial score (nSPS) is 11.7. The van der Waals surface area contributed by atoms with Gasteiger partial charge in [0.15, 0.2) is 0 Å². The second-order valence-electron chi connectivity index (χ2n) is 8.71. The Labute approximate surface area is 221 Å². The third-order valence-corrected chi connectivity index (χ3v) is 5.18. The summed E-state index contributed by atoms with van der Waals surface area (Å²) in [5.74, 6) is 0.641. The van der Waals surface area contributed by atoms with Gasteiger partial charge in [-0.1, -0.05) is 63.2 Å². The fraction of sp³-hybridized carbons (Fsp3) is 0.250.